The number of amides is 1. The van der Waals surface area contributed by atoms with Crippen molar-refractivity contribution in [3.8, 4) is 0 Å². The Balaban J connectivity index is 1.68. The number of H-pyrrole nitrogens is 1. The molecule has 0 atom stereocenters. The first-order valence-electron chi connectivity index (χ1n) is 8.33. The van der Waals surface area contributed by atoms with Gasteiger partial charge in [-0.2, -0.15) is 0 Å². The molecule has 1 amide bonds. The predicted octanol–water partition coefficient (Wildman–Crippen LogP) is 3.95. The number of carbonyl (C=O) groups excluding carboxylic acids is 1. The quantitative estimate of drug-likeness (QED) is 0.579. The van der Waals surface area contributed by atoms with Crippen LogP contribution in [0.4, 0.5) is 5.69 Å². The molecule has 26 heavy (non-hydrogen) atoms. The number of aromatic amines is 1. The topological polar surface area (TPSA) is 74.8 Å². The lowest BCUT2D eigenvalue weighted by atomic mass is 10.1. The van der Waals surface area contributed by atoms with E-state index in [1.54, 1.807) is 19.1 Å². The number of hydrogen-bond donors (Lipinski definition) is 2. The Morgan fingerprint density at radius 3 is 2.65 bits per heavy atom. The second-order valence-electron chi connectivity index (χ2n) is 6.31. The van der Waals surface area contributed by atoms with Crippen molar-refractivity contribution in [2.75, 3.05) is 5.32 Å². The van der Waals surface area contributed by atoms with Gasteiger partial charge in [0.2, 0.25) is 0 Å². The molecule has 2 aromatic heterocycles. The third kappa shape index (κ3) is 2.73. The summed E-state index contributed by atoms with van der Waals surface area (Å²) in [5, 5.41) is 4.79. The van der Waals surface area contributed by atoms with Gasteiger partial charge in [-0.05, 0) is 43.7 Å². The largest absolute Gasteiger partial charge is 0.322 e. The molecular weight excluding hydrogens is 326 g/mol. The van der Waals surface area contributed by atoms with Crippen LogP contribution < -0.4 is 10.9 Å². The van der Waals surface area contributed by atoms with Gasteiger partial charge in [0.1, 0.15) is 5.69 Å². The molecule has 0 saturated carbocycles. The number of pyridine rings is 2. The highest BCUT2D eigenvalue weighted by Gasteiger charge is 2.10. The molecule has 4 aromatic rings. The highest BCUT2D eigenvalue weighted by molar-refractivity contribution is 6.05. The van der Waals surface area contributed by atoms with Gasteiger partial charge in [0.25, 0.3) is 11.5 Å². The fraction of sp³-hybridized carbons (Fsp3) is 0.0952. The summed E-state index contributed by atoms with van der Waals surface area (Å²) < 4.78 is 0. The summed E-state index contributed by atoms with van der Waals surface area (Å²) in [7, 11) is 0. The lowest BCUT2D eigenvalue weighted by Crippen LogP contribution is -2.14. The first-order chi connectivity index (χ1) is 12.5. The third-order valence-electron chi connectivity index (χ3n) is 4.66. The number of benzene rings is 2. The Morgan fingerprint density at radius 1 is 1.00 bits per heavy atom. The zero-order valence-corrected chi connectivity index (χ0v) is 14.5. The fourth-order valence-electron chi connectivity index (χ4n) is 3.03. The van der Waals surface area contributed by atoms with Crippen LogP contribution in [0.3, 0.4) is 0 Å². The zero-order valence-electron chi connectivity index (χ0n) is 14.5. The molecule has 2 aromatic carbocycles. The number of nitrogens with zero attached hydrogens (tertiary/aromatic N) is 1. The minimum atomic E-state index is -0.290. The number of aromatic nitrogens is 2. The van der Waals surface area contributed by atoms with Gasteiger partial charge in [-0.15, -0.1) is 0 Å². The second-order valence-corrected chi connectivity index (χ2v) is 6.31. The van der Waals surface area contributed by atoms with Crippen molar-refractivity contribution in [2.45, 2.75) is 13.8 Å². The molecule has 5 heteroatoms. The molecule has 0 aliphatic heterocycles. The maximum Gasteiger partial charge on any atom is 0.274 e. The molecule has 0 bridgehead atoms. The van der Waals surface area contributed by atoms with E-state index in [1.807, 2.05) is 49.4 Å². The van der Waals surface area contributed by atoms with Gasteiger partial charge in [0.05, 0.1) is 11.0 Å². The summed E-state index contributed by atoms with van der Waals surface area (Å²) >= 11 is 0. The van der Waals surface area contributed by atoms with E-state index in [0.29, 0.717) is 22.5 Å². The number of anilines is 1. The van der Waals surface area contributed by atoms with Crippen LogP contribution in [0.15, 0.2) is 59.4 Å². The maximum atomic E-state index is 12.5. The van der Waals surface area contributed by atoms with Crippen molar-refractivity contribution in [3.63, 3.8) is 0 Å². The maximum absolute atomic E-state index is 12.5. The summed E-state index contributed by atoms with van der Waals surface area (Å²) in [5.41, 5.74) is 3.95. The fourth-order valence-corrected chi connectivity index (χ4v) is 3.03. The van der Waals surface area contributed by atoms with Crippen LogP contribution in [0, 0.1) is 13.8 Å². The highest BCUT2D eigenvalue weighted by Crippen LogP contribution is 2.21. The summed E-state index contributed by atoms with van der Waals surface area (Å²) in [6, 6.07) is 16.7. The predicted molar refractivity (Wildman–Crippen MR) is 104 cm³/mol. The molecular formula is C21H17N3O2. The minimum Gasteiger partial charge on any atom is -0.322 e. The van der Waals surface area contributed by atoms with Crippen molar-refractivity contribution >= 4 is 33.4 Å². The van der Waals surface area contributed by atoms with E-state index in [2.05, 4.69) is 15.3 Å². The first kappa shape index (κ1) is 16.0. The average Bonchev–Trinajstić information content (AvgIpc) is 2.65. The zero-order chi connectivity index (χ0) is 18.3. The van der Waals surface area contributed by atoms with Gasteiger partial charge in [-0.3, -0.25) is 9.59 Å². The molecule has 0 spiro atoms. The number of para-hydroxylation sites is 1. The monoisotopic (exact) mass is 343 g/mol. The summed E-state index contributed by atoms with van der Waals surface area (Å²) in [6.07, 6.45) is 0. The van der Waals surface area contributed by atoms with Crippen molar-refractivity contribution in [1.82, 2.24) is 9.97 Å². The molecule has 0 saturated heterocycles. The molecule has 0 unspecified atom stereocenters. The Hall–Kier alpha value is -3.47. The molecule has 0 fully saturated rings. The number of nitrogens with one attached hydrogen (secondary N) is 2. The van der Waals surface area contributed by atoms with E-state index in [9.17, 15) is 9.59 Å². The van der Waals surface area contributed by atoms with Crippen LogP contribution in [0.25, 0.3) is 21.8 Å². The number of fused-ring (bicyclic) bond motifs is 2. The third-order valence-corrected chi connectivity index (χ3v) is 4.66. The van der Waals surface area contributed by atoms with E-state index >= 15 is 0 Å². The average molecular weight is 343 g/mol. The Labute approximate surface area is 149 Å². The van der Waals surface area contributed by atoms with Crippen LogP contribution in [-0.4, -0.2) is 15.9 Å². The highest BCUT2D eigenvalue weighted by atomic mass is 16.2. The standard InChI is InChI=1S/C21H17N3O2/c1-12-13(2)20(25)24-19-11-15(8-9-16(12)19)22-21(26)18-10-7-14-5-3-4-6-17(14)23-18/h3-11H,1-2H3,(H,22,26)(H,24,25). The van der Waals surface area contributed by atoms with Gasteiger partial charge < -0.3 is 10.3 Å². The molecule has 5 nitrogen and oxygen atoms in total. The van der Waals surface area contributed by atoms with Crippen LogP contribution in [0.2, 0.25) is 0 Å². The van der Waals surface area contributed by atoms with Crippen molar-refractivity contribution < 1.29 is 4.79 Å². The van der Waals surface area contributed by atoms with Crippen molar-refractivity contribution in [3.05, 3.63) is 81.8 Å². The molecule has 128 valence electrons. The van der Waals surface area contributed by atoms with Gasteiger partial charge in [0.15, 0.2) is 0 Å². The smallest absolute Gasteiger partial charge is 0.274 e. The van der Waals surface area contributed by atoms with Crippen LogP contribution in [0.1, 0.15) is 21.6 Å². The van der Waals surface area contributed by atoms with E-state index in [-0.39, 0.29) is 11.5 Å². The van der Waals surface area contributed by atoms with Gasteiger partial charge >= 0.3 is 0 Å². The summed E-state index contributed by atoms with van der Waals surface area (Å²) in [6.45, 7) is 3.72. The van der Waals surface area contributed by atoms with E-state index < -0.39 is 0 Å². The van der Waals surface area contributed by atoms with Crippen LogP contribution >= 0.6 is 0 Å². The van der Waals surface area contributed by atoms with Gasteiger partial charge in [-0.1, -0.05) is 30.3 Å². The van der Waals surface area contributed by atoms with Gasteiger partial charge in [-0.25, -0.2) is 4.98 Å². The lowest BCUT2D eigenvalue weighted by molar-refractivity contribution is 0.102. The number of carbonyl (C=O) groups is 1. The Bertz CT molecular complexity index is 1230. The van der Waals surface area contributed by atoms with E-state index in [4.69, 9.17) is 0 Å². The SMILES string of the molecule is Cc1c(C)c2ccc(NC(=O)c3ccc4ccccc4n3)cc2[nH]c1=O. The number of rotatable bonds is 2. The normalized spacial score (nSPS) is 11.0. The molecule has 2 N–H and O–H groups in total. The summed E-state index contributed by atoms with van der Waals surface area (Å²) in [5.74, 6) is -0.290. The molecule has 2 heterocycles. The lowest BCUT2D eigenvalue weighted by Gasteiger charge is -2.09. The van der Waals surface area contributed by atoms with Crippen LogP contribution in [0.5, 0.6) is 0 Å². The Morgan fingerprint density at radius 2 is 1.81 bits per heavy atom. The summed E-state index contributed by atoms with van der Waals surface area (Å²) in [4.78, 5) is 31.8. The first-order valence-corrected chi connectivity index (χ1v) is 8.33. The van der Waals surface area contributed by atoms with Gasteiger partial charge in [0, 0.05) is 22.0 Å². The van der Waals surface area contributed by atoms with Crippen molar-refractivity contribution in [1.29, 1.82) is 0 Å². The van der Waals surface area contributed by atoms with Crippen molar-refractivity contribution in [2.24, 2.45) is 0 Å². The molecule has 0 radical (unpaired) electrons. The molecule has 4 rings (SSSR count). The molecule has 0 aliphatic rings. The second kappa shape index (κ2) is 6.11. The Kier molecular flexibility index (Phi) is 3.77. The van der Waals surface area contributed by atoms with Crippen LogP contribution in [-0.2, 0) is 0 Å². The van der Waals surface area contributed by atoms with E-state index in [0.717, 1.165) is 21.9 Å². The number of hydrogen-bond acceptors (Lipinski definition) is 3. The minimum absolute atomic E-state index is 0.116. The molecule has 0 aliphatic carbocycles. The number of aryl methyl sites for hydroxylation is 1. The van der Waals surface area contributed by atoms with E-state index in [1.165, 1.54) is 0 Å².